The van der Waals surface area contributed by atoms with Crippen LogP contribution in [-0.4, -0.2) is 4.98 Å². The quantitative estimate of drug-likeness (QED) is 0.714. The summed E-state index contributed by atoms with van der Waals surface area (Å²) in [5.74, 6) is -0.210. The maximum atomic E-state index is 13.0. The molecule has 0 saturated heterocycles. The molecule has 0 spiro atoms. The Morgan fingerprint density at radius 3 is 2.88 bits per heavy atom. The van der Waals surface area contributed by atoms with Gasteiger partial charge >= 0.3 is 0 Å². The number of thiazole rings is 1. The second-order valence-corrected chi connectivity index (χ2v) is 5.34. The number of benzene rings is 1. The molecule has 0 amide bonds. The van der Waals surface area contributed by atoms with Crippen molar-refractivity contribution in [2.75, 3.05) is 5.73 Å². The molecule has 2 N–H and O–H groups in total. The first kappa shape index (κ1) is 9.74. The smallest absolute Gasteiger partial charge is 0.180 e. The van der Waals surface area contributed by atoms with E-state index in [1.165, 1.54) is 28.7 Å². The molecule has 3 rings (SSSR count). The summed E-state index contributed by atoms with van der Waals surface area (Å²) < 4.78 is 14.0. The highest BCUT2D eigenvalue weighted by Crippen LogP contribution is 2.34. The maximum absolute atomic E-state index is 13.0. The molecule has 16 heavy (non-hydrogen) atoms. The monoisotopic (exact) mass is 250 g/mol. The van der Waals surface area contributed by atoms with Gasteiger partial charge in [0.25, 0.3) is 0 Å². The van der Waals surface area contributed by atoms with E-state index < -0.39 is 0 Å². The molecule has 0 atom stereocenters. The van der Waals surface area contributed by atoms with E-state index in [-0.39, 0.29) is 5.82 Å². The Kier molecular flexibility index (Phi) is 2.15. The molecule has 0 aliphatic carbocycles. The summed E-state index contributed by atoms with van der Waals surface area (Å²) in [5.41, 5.74) is 6.45. The van der Waals surface area contributed by atoms with Crippen LogP contribution in [0.25, 0.3) is 20.7 Å². The van der Waals surface area contributed by atoms with Crippen LogP contribution in [0.15, 0.2) is 29.6 Å². The van der Waals surface area contributed by atoms with Crippen molar-refractivity contribution in [2.45, 2.75) is 0 Å². The summed E-state index contributed by atoms with van der Waals surface area (Å²) in [6.45, 7) is 0. The molecule has 0 radical (unpaired) electrons. The third-order valence-electron chi connectivity index (χ3n) is 2.26. The van der Waals surface area contributed by atoms with Gasteiger partial charge in [-0.3, -0.25) is 0 Å². The Morgan fingerprint density at radius 1 is 1.25 bits per heavy atom. The Hall–Kier alpha value is -1.46. The van der Waals surface area contributed by atoms with Crippen molar-refractivity contribution in [3.8, 4) is 10.6 Å². The first-order valence-corrected chi connectivity index (χ1v) is 6.32. The van der Waals surface area contributed by atoms with Crippen LogP contribution >= 0.6 is 22.7 Å². The van der Waals surface area contributed by atoms with Gasteiger partial charge in [-0.05, 0) is 23.6 Å². The molecule has 2 nitrogen and oxygen atoms in total. The van der Waals surface area contributed by atoms with Gasteiger partial charge in [0.2, 0.25) is 0 Å². The minimum Gasteiger partial charge on any atom is -0.375 e. The number of hydrogen-bond donors (Lipinski definition) is 1. The summed E-state index contributed by atoms with van der Waals surface area (Å²) in [5, 5.41) is 3.50. The molecule has 2 heterocycles. The Labute approximate surface area is 99.2 Å². The number of thiophene rings is 1. The van der Waals surface area contributed by atoms with E-state index in [2.05, 4.69) is 4.98 Å². The molecular formula is C11H7FN2S2. The molecule has 0 aliphatic heterocycles. The Balaban J connectivity index is 2.18. The van der Waals surface area contributed by atoms with Crippen LogP contribution in [0, 0.1) is 5.82 Å². The van der Waals surface area contributed by atoms with Crippen molar-refractivity contribution in [2.24, 2.45) is 0 Å². The minimum absolute atomic E-state index is 0.210. The van der Waals surface area contributed by atoms with Crippen LogP contribution in [0.3, 0.4) is 0 Å². The Bertz CT molecular complexity index is 657. The molecule has 0 fully saturated rings. The van der Waals surface area contributed by atoms with Crippen LogP contribution in [0.4, 0.5) is 9.52 Å². The minimum atomic E-state index is -0.210. The summed E-state index contributed by atoms with van der Waals surface area (Å²) in [6, 6.07) is 6.79. The van der Waals surface area contributed by atoms with Gasteiger partial charge < -0.3 is 5.73 Å². The third kappa shape index (κ3) is 1.58. The predicted molar refractivity (Wildman–Crippen MR) is 67.3 cm³/mol. The highest BCUT2D eigenvalue weighted by molar-refractivity contribution is 7.22. The van der Waals surface area contributed by atoms with Crippen LogP contribution < -0.4 is 5.73 Å². The number of nitrogen functional groups attached to an aromatic ring is 1. The maximum Gasteiger partial charge on any atom is 0.180 e. The zero-order chi connectivity index (χ0) is 11.1. The molecule has 1 aromatic carbocycles. The fourth-order valence-corrected chi connectivity index (χ4v) is 3.22. The van der Waals surface area contributed by atoms with Crippen molar-refractivity contribution in [1.29, 1.82) is 0 Å². The third-order valence-corrected chi connectivity index (χ3v) is 4.05. The highest BCUT2D eigenvalue weighted by atomic mass is 32.1. The molecule has 0 unspecified atom stereocenters. The van der Waals surface area contributed by atoms with Gasteiger partial charge in [0.05, 0.1) is 10.6 Å². The van der Waals surface area contributed by atoms with Crippen molar-refractivity contribution >= 4 is 37.9 Å². The van der Waals surface area contributed by atoms with E-state index in [0.717, 1.165) is 20.7 Å². The predicted octanol–water partition coefficient (Wildman–Crippen LogP) is 3.75. The zero-order valence-electron chi connectivity index (χ0n) is 8.11. The molecule has 80 valence electrons. The zero-order valence-corrected chi connectivity index (χ0v) is 9.74. The topological polar surface area (TPSA) is 38.9 Å². The molecule has 3 aromatic rings. The van der Waals surface area contributed by atoms with E-state index in [0.29, 0.717) is 5.13 Å². The highest BCUT2D eigenvalue weighted by Gasteiger charge is 2.07. The lowest BCUT2D eigenvalue weighted by Crippen LogP contribution is -1.80. The van der Waals surface area contributed by atoms with Gasteiger partial charge in [0, 0.05) is 10.1 Å². The lowest BCUT2D eigenvalue weighted by Gasteiger charge is -1.86. The molecule has 5 heteroatoms. The second-order valence-electron chi connectivity index (χ2n) is 3.36. The van der Waals surface area contributed by atoms with Gasteiger partial charge in [0.15, 0.2) is 5.13 Å². The number of anilines is 1. The number of nitrogens with zero attached hydrogens (tertiary/aromatic N) is 1. The number of hydrogen-bond acceptors (Lipinski definition) is 4. The summed E-state index contributed by atoms with van der Waals surface area (Å²) in [4.78, 5) is 5.23. The number of rotatable bonds is 1. The number of nitrogens with two attached hydrogens (primary N) is 1. The standard InChI is InChI=1S/C11H7FN2S2/c12-7-2-1-6-3-10(16-9(6)4-7)8-5-15-11(13)14-8/h1-5H,(H2,13,14). The van der Waals surface area contributed by atoms with E-state index in [1.807, 2.05) is 11.4 Å². The van der Waals surface area contributed by atoms with Gasteiger partial charge in [-0.2, -0.15) is 0 Å². The normalized spacial score (nSPS) is 11.1. The number of aromatic nitrogens is 1. The van der Waals surface area contributed by atoms with Crippen molar-refractivity contribution in [3.05, 3.63) is 35.5 Å². The van der Waals surface area contributed by atoms with Crippen molar-refractivity contribution in [1.82, 2.24) is 4.98 Å². The molecule has 0 aliphatic rings. The van der Waals surface area contributed by atoms with E-state index in [1.54, 1.807) is 12.1 Å². The van der Waals surface area contributed by atoms with Crippen LogP contribution in [0.2, 0.25) is 0 Å². The molecule has 0 bridgehead atoms. The number of fused-ring (bicyclic) bond motifs is 1. The first-order valence-electron chi connectivity index (χ1n) is 4.63. The molecule has 0 saturated carbocycles. The lowest BCUT2D eigenvalue weighted by atomic mass is 10.2. The largest absolute Gasteiger partial charge is 0.375 e. The first-order chi connectivity index (χ1) is 7.72. The number of halogens is 1. The van der Waals surface area contributed by atoms with Crippen LogP contribution in [0.5, 0.6) is 0 Å². The van der Waals surface area contributed by atoms with Crippen LogP contribution in [0.1, 0.15) is 0 Å². The Morgan fingerprint density at radius 2 is 2.12 bits per heavy atom. The summed E-state index contributed by atoms with van der Waals surface area (Å²) in [7, 11) is 0. The van der Waals surface area contributed by atoms with Gasteiger partial charge in [0.1, 0.15) is 5.82 Å². The van der Waals surface area contributed by atoms with Crippen molar-refractivity contribution < 1.29 is 4.39 Å². The average Bonchev–Trinajstić information content (AvgIpc) is 2.83. The summed E-state index contributed by atoms with van der Waals surface area (Å²) in [6.07, 6.45) is 0. The van der Waals surface area contributed by atoms with E-state index in [9.17, 15) is 4.39 Å². The average molecular weight is 250 g/mol. The fourth-order valence-electron chi connectivity index (χ4n) is 1.53. The second kappa shape index (κ2) is 3.54. The fraction of sp³-hybridized carbons (Fsp3) is 0. The summed E-state index contributed by atoms with van der Waals surface area (Å²) >= 11 is 2.94. The van der Waals surface area contributed by atoms with Gasteiger partial charge in [-0.1, -0.05) is 6.07 Å². The van der Waals surface area contributed by atoms with Crippen LogP contribution in [-0.2, 0) is 0 Å². The lowest BCUT2D eigenvalue weighted by molar-refractivity contribution is 0.630. The molecular weight excluding hydrogens is 243 g/mol. The van der Waals surface area contributed by atoms with E-state index >= 15 is 0 Å². The van der Waals surface area contributed by atoms with Gasteiger partial charge in [-0.15, -0.1) is 22.7 Å². The SMILES string of the molecule is Nc1nc(-c2cc3ccc(F)cc3s2)cs1. The molecule has 2 aromatic heterocycles. The van der Waals surface area contributed by atoms with Gasteiger partial charge in [-0.25, -0.2) is 9.37 Å². The van der Waals surface area contributed by atoms with Crippen molar-refractivity contribution in [3.63, 3.8) is 0 Å². The van der Waals surface area contributed by atoms with E-state index in [4.69, 9.17) is 5.73 Å².